The minimum Gasteiger partial charge on any atom is -0.497 e. The van der Waals surface area contributed by atoms with Crippen LogP contribution in [0.4, 0.5) is 5.82 Å². The molecule has 0 spiro atoms. The lowest BCUT2D eigenvalue weighted by molar-refractivity contribution is 0.414. The zero-order valence-electron chi connectivity index (χ0n) is 13.1. The van der Waals surface area contributed by atoms with E-state index >= 15 is 0 Å². The van der Waals surface area contributed by atoms with Gasteiger partial charge >= 0.3 is 0 Å². The molecule has 0 radical (unpaired) electrons. The molecule has 0 atom stereocenters. The number of aromatic nitrogens is 1. The van der Waals surface area contributed by atoms with Crippen LogP contribution in [0.5, 0.6) is 5.75 Å². The van der Waals surface area contributed by atoms with E-state index < -0.39 is 0 Å². The highest BCUT2D eigenvalue weighted by molar-refractivity contribution is 6.33. The molecule has 1 N–H and O–H groups in total. The summed E-state index contributed by atoms with van der Waals surface area (Å²) in [5.74, 6) is 1.54. The largest absolute Gasteiger partial charge is 0.497 e. The molecule has 3 aromatic rings. The van der Waals surface area contributed by atoms with Gasteiger partial charge in [0.2, 0.25) is 0 Å². The molecule has 2 aromatic carbocycles. The number of anilines is 1. The maximum atomic E-state index is 6.27. The zero-order chi connectivity index (χ0) is 16.9. The Morgan fingerprint density at radius 1 is 1.00 bits per heavy atom. The molecule has 0 unspecified atom stereocenters. The van der Waals surface area contributed by atoms with E-state index in [0.717, 1.165) is 22.4 Å². The van der Waals surface area contributed by atoms with E-state index in [2.05, 4.69) is 10.3 Å². The molecule has 0 aliphatic carbocycles. The Morgan fingerprint density at radius 3 is 2.46 bits per heavy atom. The van der Waals surface area contributed by atoms with E-state index in [0.29, 0.717) is 22.5 Å². The number of hydrogen-bond donors (Lipinski definition) is 1. The van der Waals surface area contributed by atoms with E-state index in [4.69, 9.17) is 27.9 Å². The molecule has 5 heteroatoms. The van der Waals surface area contributed by atoms with Crippen LogP contribution < -0.4 is 10.1 Å². The summed E-state index contributed by atoms with van der Waals surface area (Å²) in [4.78, 5) is 4.32. The van der Waals surface area contributed by atoms with Gasteiger partial charge in [0.1, 0.15) is 16.7 Å². The molecule has 0 bridgehead atoms. The van der Waals surface area contributed by atoms with Crippen molar-refractivity contribution in [1.82, 2.24) is 4.98 Å². The predicted octanol–water partition coefficient (Wildman–Crippen LogP) is 5.68. The van der Waals surface area contributed by atoms with Gasteiger partial charge in [0.05, 0.1) is 7.11 Å². The van der Waals surface area contributed by atoms with Crippen molar-refractivity contribution in [3.63, 3.8) is 0 Å². The number of methoxy groups -OCH3 is 1. The Bertz CT molecular complexity index is 835. The van der Waals surface area contributed by atoms with Crippen molar-refractivity contribution in [3.05, 3.63) is 76.4 Å². The molecule has 0 aliphatic heterocycles. The van der Waals surface area contributed by atoms with E-state index in [1.165, 1.54) is 0 Å². The zero-order valence-corrected chi connectivity index (χ0v) is 14.6. The summed E-state index contributed by atoms with van der Waals surface area (Å²) in [7, 11) is 1.65. The fourth-order valence-electron chi connectivity index (χ4n) is 2.37. The van der Waals surface area contributed by atoms with Gasteiger partial charge in [-0.05, 0) is 41.5 Å². The molecule has 3 nitrogen and oxygen atoms in total. The number of ether oxygens (including phenoxy) is 1. The molecule has 0 saturated heterocycles. The summed E-state index contributed by atoms with van der Waals surface area (Å²) in [6.45, 7) is 0.638. The van der Waals surface area contributed by atoms with Crippen molar-refractivity contribution in [2.24, 2.45) is 0 Å². The van der Waals surface area contributed by atoms with Crippen molar-refractivity contribution >= 4 is 29.0 Å². The molecule has 3 rings (SSSR count). The molecule has 1 heterocycles. The van der Waals surface area contributed by atoms with Gasteiger partial charge in [-0.3, -0.25) is 0 Å². The Kier molecular flexibility index (Phi) is 5.24. The van der Waals surface area contributed by atoms with Gasteiger partial charge in [-0.2, -0.15) is 0 Å². The number of halogens is 2. The lowest BCUT2D eigenvalue weighted by Gasteiger charge is -2.10. The lowest BCUT2D eigenvalue weighted by Crippen LogP contribution is -2.02. The third-order valence-corrected chi connectivity index (χ3v) is 4.13. The maximum absolute atomic E-state index is 6.27. The summed E-state index contributed by atoms with van der Waals surface area (Å²) in [6.07, 6.45) is 0. The van der Waals surface area contributed by atoms with Crippen molar-refractivity contribution in [1.29, 1.82) is 0 Å². The van der Waals surface area contributed by atoms with Crippen molar-refractivity contribution < 1.29 is 4.74 Å². The van der Waals surface area contributed by atoms with E-state index in [-0.39, 0.29) is 0 Å². The molecule has 122 valence electrons. The molecule has 0 fully saturated rings. The number of hydrogen-bond acceptors (Lipinski definition) is 3. The van der Waals surface area contributed by atoms with Gasteiger partial charge in [0, 0.05) is 17.1 Å². The van der Waals surface area contributed by atoms with E-state index in [1.807, 2.05) is 54.6 Å². The first-order valence-electron chi connectivity index (χ1n) is 7.45. The highest BCUT2D eigenvalue weighted by Gasteiger charge is 2.07. The first-order valence-corrected chi connectivity index (χ1v) is 8.20. The van der Waals surface area contributed by atoms with Crippen LogP contribution in [0, 0.1) is 0 Å². The van der Waals surface area contributed by atoms with Crippen LogP contribution in [0.3, 0.4) is 0 Å². The average molecular weight is 359 g/mol. The molecule has 0 amide bonds. The lowest BCUT2D eigenvalue weighted by atomic mass is 10.1. The minimum absolute atomic E-state index is 0.421. The Labute approximate surface area is 151 Å². The van der Waals surface area contributed by atoms with Crippen LogP contribution in [0.25, 0.3) is 11.1 Å². The maximum Gasteiger partial charge on any atom is 0.132 e. The quantitative estimate of drug-likeness (QED) is 0.596. The van der Waals surface area contributed by atoms with E-state index in [9.17, 15) is 0 Å². The summed E-state index contributed by atoms with van der Waals surface area (Å²) in [6, 6.07) is 19.3. The second kappa shape index (κ2) is 7.56. The van der Waals surface area contributed by atoms with Crippen LogP contribution in [-0.2, 0) is 6.54 Å². The van der Waals surface area contributed by atoms with Crippen LogP contribution >= 0.6 is 23.2 Å². The van der Waals surface area contributed by atoms with E-state index in [1.54, 1.807) is 13.2 Å². The molecule has 1 aromatic heterocycles. The topological polar surface area (TPSA) is 34.1 Å². The number of rotatable bonds is 5. The molecular formula is C19H16Cl2N2O. The van der Waals surface area contributed by atoms with Crippen molar-refractivity contribution in [2.75, 3.05) is 12.4 Å². The highest BCUT2D eigenvalue weighted by atomic mass is 35.5. The third-order valence-electron chi connectivity index (χ3n) is 3.61. The molecular weight excluding hydrogens is 343 g/mol. The van der Waals surface area contributed by atoms with Gasteiger partial charge in [0.15, 0.2) is 0 Å². The summed E-state index contributed by atoms with van der Waals surface area (Å²) in [5, 5.41) is 4.39. The smallest absolute Gasteiger partial charge is 0.132 e. The van der Waals surface area contributed by atoms with Crippen molar-refractivity contribution in [2.45, 2.75) is 6.54 Å². The van der Waals surface area contributed by atoms with Gasteiger partial charge in [0.25, 0.3) is 0 Å². The van der Waals surface area contributed by atoms with Crippen LogP contribution in [-0.4, -0.2) is 12.1 Å². The number of nitrogens with one attached hydrogen (secondary N) is 1. The Balaban J connectivity index is 1.80. The van der Waals surface area contributed by atoms with Crippen LogP contribution in [0.1, 0.15) is 5.56 Å². The first kappa shape index (κ1) is 16.6. The minimum atomic E-state index is 0.421. The highest BCUT2D eigenvalue weighted by Crippen LogP contribution is 2.30. The van der Waals surface area contributed by atoms with Gasteiger partial charge in [-0.1, -0.05) is 53.5 Å². The van der Waals surface area contributed by atoms with Gasteiger partial charge < -0.3 is 10.1 Å². The molecule has 0 aliphatic rings. The standard InChI is InChI=1S/C19H16Cl2N2O/c1-24-15-8-6-13(7-9-15)12-22-19-11-14(10-18(21)23-19)16-4-2-3-5-17(16)20/h2-11H,12H2,1H3,(H,22,23). The number of benzene rings is 2. The third kappa shape index (κ3) is 3.99. The summed E-state index contributed by atoms with van der Waals surface area (Å²) >= 11 is 12.4. The summed E-state index contributed by atoms with van der Waals surface area (Å²) < 4.78 is 5.16. The Hall–Kier alpha value is -2.23. The van der Waals surface area contributed by atoms with Crippen molar-refractivity contribution in [3.8, 4) is 16.9 Å². The number of nitrogens with zero attached hydrogens (tertiary/aromatic N) is 1. The fourth-order valence-corrected chi connectivity index (χ4v) is 2.83. The number of pyridine rings is 1. The monoisotopic (exact) mass is 358 g/mol. The SMILES string of the molecule is COc1ccc(CNc2cc(-c3ccccc3Cl)cc(Cl)n2)cc1. The van der Waals surface area contributed by atoms with Crippen LogP contribution in [0.15, 0.2) is 60.7 Å². The van der Waals surface area contributed by atoms with Gasteiger partial charge in [-0.25, -0.2) is 4.98 Å². The van der Waals surface area contributed by atoms with Crippen LogP contribution in [0.2, 0.25) is 10.2 Å². The van der Waals surface area contributed by atoms with Gasteiger partial charge in [-0.15, -0.1) is 0 Å². The average Bonchev–Trinajstić information content (AvgIpc) is 2.60. The fraction of sp³-hybridized carbons (Fsp3) is 0.105. The predicted molar refractivity (Wildman–Crippen MR) is 100 cm³/mol. The molecule has 24 heavy (non-hydrogen) atoms. The normalized spacial score (nSPS) is 10.5. The second-order valence-corrected chi connectivity index (χ2v) is 6.04. The Morgan fingerprint density at radius 2 is 1.75 bits per heavy atom. The summed E-state index contributed by atoms with van der Waals surface area (Å²) in [5.41, 5.74) is 2.98. The molecule has 0 saturated carbocycles. The second-order valence-electron chi connectivity index (χ2n) is 5.25. The first-order chi connectivity index (χ1) is 11.7.